The smallest absolute Gasteiger partial charge is 0.336 e. The van der Waals surface area contributed by atoms with Gasteiger partial charge in [0.15, 0.2) is 9.84 Å². The van der Waals surface area contributed by atoms with Crippen LogP contribution in [0.3, 0.4) is 0 Å². The molecule has 0 spiro atoms. The third-order valence-corrected chi connectivity index (χ3v) is 7.00. The second-order valence-corrected chi connectivity index (χ2v) is 10.4. The molecular formula is C22H18F7N3O3S. The lowest BCUT2D eigenvalue weighted by atomic mass is 10.0. The summed E-state index contributed by atoms with van der Waals surface area (Å²) in [5, 5.41) is 13.3. The van der Waals surface area contributed by atoms with Gasteiger partial charge < -0.3 is 5.32 Å². The van der Waals surface area contributed by atoms with E-state index in [9.17, 15) is 49.2 Å². The molecule has 0 bridgehead atoms. The van der Waals surface area contributed by atoms with Gasteiger partial charge in [0.25, 0.3) is 0 Å². The number of rotatable bonds is 9. The number of alkyl halides is 3. The lowest BCUT2D eigenvalue weighted by Gasteiger charge is -2.28. The molecule has 0 saturated heterocycles. The van der Waals surface area contributed by atoms with Gasteiger partial charge in [-0.15, -0.1) is 0 Å². The van der Waals surface area contributed by atoms with E-state index in [-0.39, 0.29) is 25.0 Å². The Labute approximate surface area is 201 Å². The molecule has 1 aliphatic rings. The molecule has 1 saturated carbocycles. The maximum Gasteiger partial charge on any atom is 0.407 e. The zero-order valence-corrected chi connectivity index (χ0v) is 19.0. The maximum absolute atomic E-state index is 14.0. The molecule has 0 unspecified atom stereocenters. The molecule has 2 aromatic carbocycles. The quantitative estimate of drug-likeness (QED) is 0.477. The molecule has 0 aliphatic heterocycles. The van der Waals surface area contributed by atoms with Gasteiger partial charge in [-0.05, 0) is 30.5 Å². The van der Waals surface area contributed by atoms with E-state index in [1.165, 1.54) is 0 Å². The van der Waals surface area contributed by atoms with Gasteiger partial charge in [-0.3, -0.25) is 10.1 Å². The Hall–Kier alpha value is -3.18. The summed E-state index contributed by atoms with van der Waals surface area (Å²) in [4.78, 5) is 12.8. The van der Waals surface area contributed by atoms with Crippen molar-refractivity contribution in [3.8, 4) is 6.07 Å². The molecular weight excluding hydrogens is 519 g/mol. The average molecular weight is 537 g/mol. The van der Waals surface area contributed by atoms with Gasteiger partial charge >= 0.3 is 6.18 Å². The minimum Gasteiger partial charge on any atom is -0.336 e. The first-order valence-electron chi connectivity index (χ1n) is 10.3. The van der Waals surface area contributed by atoms with Crippen LogP contribution in [0, 0.1) is 34.6 Å². The number of nitriles is 1. The number of halogens is 7. The Bertz CT molecular complexity index is 1260. The highest BCUT2D eigenvalue weighted by Gasteiger charge is 2.48. The van der Waals surface area contributed by atoms with E-state index in [4.69, 9.17) is 0 Å². The van der Waals surface area contributed by atoms with Gasteiger partial charge in [-0.25, -0.2) is 26.0 Å². The molecule has 1 amide bonds. The van der Waals surface area contributed by atoms with Gasteiger partial charge in [-0.2, -0.15) is 18.4 Å². The Morgan fingerprint density at radius 2 is 1.58 bits per heavy atom. The summed E-state index contributed by atoms with van der Waals surface area (Å²) >= 11 is 0. The van der Waals surface area contributed by atoms with Crippen LogP contribution in [0.4, 0.5) is 30.7 Å². The highest BCUT2D eigenvalue weighted by molar-refractivity contribution is 7.90. The monoisotopic (exact) mass is 537 g/mol. The first-order valence-corrected chi connectivity index (χ1v) is 12.1. The molecule has 14 heteroatoms. The van der Waals surface area contributed by atoms with Crippen LogP contribution in [-0.4, -0.2) is 37.8 Å². The topological polar surface area (TPSA) is 99.1 Å². The molecule has 0 radical (unpaired) electrons. The fraction of sp³-hybridized carbons (Fsp3) is 0.364. The van der Waals surface area contributed by atoms with Gasteiger partial charge in [0.2, 0.25) is 5.91 Å². The average Bonchev–Trinajstić information content (AvgIpc) is 3.53. The van der Waals surface area contributed by atoms with Crippen LogP contribution < -0.4 is 10.6 Å². The molecule has 2 N–H and O–H groups in total. The largest absolute Gasteiger partial charge is 0.407 e. The molecule has 36 heavy (non-hydrogen) atoms. The Kier molecular flexibility index (Phi) is 7.66. The lowest BCUT2D eigenvalue weighted by Crippen LogP contribution is -2.54. The summed E-state index contributed by atoms with van der Waals surface area (Å²) in [7, 11) is -4.69. The Morgan fingerprint density at radius 1 is 1.03 bits per heavy atom. The predicted molar refractivity (Wildman–Crippen MR) is 112 cm³/mol. The van der Waals surface area contributed by atoms with E-state index >= 15 is 0 Å². The molecule has 0 heterocycles. The van der Waals surface area contributed by atoms with Crippen LogP contribution in [0.5, 0.6) is 0 Å². The van der Waals surface area contributed by atoms with Crippen molar-refractivity contribution in [3.63, 3.8) is 0 Å². The van der Waals surface area contributed by atoms with Gasteiger partial charge in [-0.1, -0.05) is 12.1 Å². The number of nitrogens with zero attached hydrogens (tertiary/aromatic N) is 1. The predicted octanol–water partition coefficient (Wildman–Crippen LogP) is 3.59. The number of hydrogen-bond donors (Lipinski definition) is 2. The second kappa shape index (κ2) is 10.1. The van der Waals surface area contributed by atoms with Gasteiger partial charge in [0, 0.05) is 17.7 Å². The zero-order chi connectivity index (χ0) is 26.9. The zero-order valence-electron chi connectivity index (χ0n) is 18.2. The fourth-order valence-corrected chi connectivity index (χ4v) is 4.98. The number of carbonyl (C=O) groups is 1. The second-order valence-electron chi connectivity index (χ2n) is 8.33. The molecule has 6 nitrogen and oxygen atoms in total. The van der Waals surface area contributed by atoms with Crippen LogP contribution >= 0.6 is 0 Å². The van der Waals surface area contributed by atoms with Crippen molar-refractivity contribution in [2.75, 3.05) is 5.75 Å². The van der Waals surface area contributed by atoms with E-state index in [0.717, 1.165) is 24.3 Å². The Balaban J connectivity index is 1.93. The Morgan fingerprint density at radius 3 is 2.06 bits per heavy atom. The van der Waals surface area contributed by atoms with Gasteiger partial charge in [0.05, 0.1) is 17.6 Å². The minimum absolute atomic E-state index is 0.182. The summed E-state index contributed by atoms with van der Waals surface area (Å²) in [6, 6.07) is 0.493. The van der Waals surface area contributed by atoms with Crippen molar-refractivity contribution < 1.29 is 43.9 Å². The molecule has 1 fully saturated rings. The molecule has 194 valence electrons. The molecule has 3 rings (SSSR count). The summed E-state index contributed by atoms with van der Waals surface area (Å²) in [5.41, 5.74) is -2.98. The lowest BCUT2D eigenvalue weighted by molar-refractivity contribution is -0.160. The van der Waals surface area contributed by atoms with E-state index in [1.54, 1.807) is 6.07 Å². The normalized spacial score (nSPS) is 16.6. The number of hydrogen-bond acceptors (Lipinski definition) is 5. The van der Waals surface area contributed by atoms with Crippen LogP contribution in [0.2, 0.25) is 0 Å². The minimum atomic E-state index is -5.08. The third-order valence-electron chi connectivity index (χ3n) is 5.43. The summed E-state index contributed by atoms with van der Waals surface area (Å²) in [5.74, 6) is -9.24. The van der Waals surface area contributed by atoms with Crippen molar-refractivity contribution in [2.45, 2.75) is 42.4 Å². The maximum atomic E-state index is 14.0. The van der Waals surface area contributed by atoms with Crippen molar-refractivity contribution >= 4 is 15.7 Å². The van der Waals surface area contributed by atoms with Crippen molar-refractivity contribution in [2.24, 2.45) is 0 Å². The van der Waals surface area contributed by atoms with Crippen LogP contribution in [0.1, 0.15) is 30.0 Å². The molecule has 0 aromatic heterocycles. The number of benzene rings is 2. The summed E-state index contributed by atoms with van der Waals surface area (Å²) in [6.45, 7) is 0. The number of sulfone groups is 1. The highest BCUT2D eigenvalue weighted by atomic mass is 32.2. The van der Waals surface area contributed by atoms with E-state index in [0.29, 0.717) is 0 Å². The van der Waals surface area contributed by atoms with Gasteiger partial charge in [0.1, 0.15) is 40.9 Å². The van der Waals surface area contributed by atoms with Crippen molar-refractivity contribution in [3.05, 3.63) is 70.8 Å². The molecule has 2 aromatic rings. The van der Waals surface area contributed by atoms with Crippen LogP contribution in [0.25, 0.3) is 0 Å². The molecule has 2 atom stereocenters. The van der Waals surface area contributed by atoms with Crippen LogP contribution in [0.15, 0.2) is 36.4 Å². The molecule has 1 aliphatic carbocycles. The van der Waals surface area contributed by atoms with Crippen LogP contribution in [-0.2, 0) is 20.4 Å². The van der Waals surface area contributed by atoms with E-state index in [1.807, 2.05) is 5.32 Å². The first-order chi connectivity index (χ1) is 16.6. The summed E-state index contributed by atoms with van der Waals surface area (Å²) < 4.78 is 121. The van der Waals surface area contributed by atoms with Crippen molar-refractivity contribution in [1.82, 2.24) is 10.6 Å². The highest BCUT2D eigenvalue weighted by Crippen LogP contribution is 2.36. The number of carbonyl (C=O) groups excluding carboxylic acids is 1. The third kappa shape index (κ3) is 6.73. The number of amides is 1. The van der Waals surface area contributed by atoms with E-state index < -0.39 is 85.4 Å². The first kappa shape index (κ1) is 27.4. The summed E-state index contributed by atoms with van der Waals surface area (Å²) in [6.07, 6.45) is -4.72. The van der Waals surface area contributed by atoms with Crippen molar-refractivity contribution in [1.29, 1.82) is 5.26 Å². The number of nitrogens with one attached hydrogen (secondary N) is 2. The standard InChI is InChI=1S/C22H18F7N3O3S/c23-13-3-1-12(2-4-13)19(22(27,28)29)31-18(20(33)32-21(11-30)5-6-21)10-36(34,35)9-15-16(25)7-14(24)8-17(15)26/h1-4,7-8,18-19,31H,5-6,9-10H2,(H,32,33)/t18-,19-/m0/s1. The SMILES string of the molecule is N#CC1(NC(=O)[C@H](CS(=O)(=O)Cc2c(F)cc(F)cc2F)N[C@@H](c2ccc(F)cc2)C(F)(F)F)CC1. The van der Waals surface area contributed by atoms with E-state index in [2.05, 4.69) is 5.32 Å². The fourth-order valence-electron chi connectivity index (χ4n) is 3.39.